The van der Waals surface area contributed by atoms with E-state index in [0.717, 1.165) is 11.1 Å². The van der Waals surface area contributed by atoms with Crippen molar-refractivity contribution in [3.8, 4) is 16.9 Å². The number of aryl methyl sites for hydroxylation is 1. The Hall–Kier alpha value is -4.17. The van der Waals surface area contributed by atoms with E-state index in [9.17, 15) is 19.7 Å². The molecule has 1 aromatic heterocycles. The van der Waals surface area contributed by atoms with Crippen LogP contribution in [0.5, 0.6) is 5.75 Å². The lowest BCUT2D eigenvalue weighted by molar-refractivity contribution is -0.384. The molecule has 0 radical (unpaired) electrons. The van der Waals surface area contributed by atoms with E-state index in [-0.39, 0.29) is 27.7 Å². The van der Waals surface area contributed by atoms with Crippen molar-refractivity contribution in [1.82, 2.24) is 0 Å². The first kappa shape index (κ1) is 23.0. The fraction of sp³-hybridized carbons (Fsp3) is 0.120. The van der Waals surface area contributed by atoms with E-state index in [1.807, 2.05) is 30.3 Å². The van der Waals surface area contributed by atoms with Crippen LogP contribution in [-0.4, -0.2) is 17.4 Å². The molecule has 0 atom stereocenters. The molecule has 172 valence electrons. The quantitative estimate of drug-likeness (QED) is 0.217. The second kappa shape index (κ2) is 9.36. The molecule has 0 aliphatic rings. The Labute approximate surface area is 198 Å². The minimum Gasteiger partial charge on any atom is -0.482 e. The van der Waals surface area contributed by atoms with E-state index in [1.54, 1.807) is 26.0 Å². The van der Waals surface area contributed by atoms with Crippen molar-refractivity contribution in [3.63, 3.8) is 0 Å². The Kier molecular flexibility index (Phi) is 6.34. The smallest absolute Gasteiger partial charge is 0.336 e. The summed E-state index contributed by atoms with van der Waals surface area (Å²) in [5, 5.41) is 14.7. The van der Waals surface area contributed by atoms with Crippen LogP contribution in [0.15, 0.2) is 69.9 Å². The Morgan fingerprint density at radius 1 is 1.12 bits per heavy atom. The Morgan fingerprint density at radius 3 is 2.56 bits per heavy atom. The molecule has 0 aliphatic carbocycles. The maximum atomic E-state index is 12.5. The van der Waals surface area contributed by atoms with Gasteiger partial charge < -0.3 is 14.5 Å². The molecule has 0 unspecified atom stereocenters. The van der Waals surface area contributed by atoms with Crippen LogP contribution >= 0.6 is 11.6 Å². The molecule has 0 saturated heterocycles. The summed E-state index contributed by atoms with van der Waals surface area (Å²) in [5.74, 6) is -0.472. The minimum absolute atomic E-state index is 0.113. The first-order chi connectivity index (χ1) is 16.2. The maximum Gasteiger partial charge on any atom is 0.336 e. The van der Waals surface area contributed by atoms with E-state index in [2.05, 4.69) is 5.32 Å². The van der Waals surface area contributed by atoms with Gasteiger partial charge in [0.05, 0.1) is 9.95 Å². The second-order valence-electron chi connectivity index (χ2n) is 7.62. The number of rotatable bonds is 6. The summed E-state index contributed by atoms with van der Waals surface area (Å²) in [5.41, 5.74) is 2.46. The van der Waals surface area contributed by atoms with Gasteiger partial charge >= 0.3 is 5.63 Å². The molecule has 0 spiro atoms. The van der Waals surface area contributed by atoms with Crippen LogP contribution in [0, 0.1) is 24.0 Å². The number of nitro groups is 1. The third-order valence-corrected chi connectivity index (χ3v) is 5.71. The highest BCUT2D eigenvalue weighted by Crippen LogP contribution is 2.35. The summed E-state index contributed by atoms with van der Waals surface area (Å²) in [7, 11) is 0. The summed E-state index contributed by atoms with van der Waals surface area (Å²) in [6.07, 6.45) is 0. The summed E-state index contributed by atoms with van der Waals surface area (Å²) in [4.78, 5) is 35.4. The van der Waals surface area contributed by atoms with Gasteiger partial charge in [-0.25, -0.2) is 4.79 Å². The van der Waals surface area contributed by atoms with E-state index in [0.29, 0.717) is 16.5 Å². The highest BCUT2D eigenvalue weighted by molar-refractivity contribution is 6.33. The van der Waals surface area contributed by atoms with E-state index in [1.165, 1.54) is 18.2 Å². The largest absolute Gasteiger partial charge is 0.482 e. The number of ether oxygens (including phenoxy) is 1. The van der Waals surface area contributed by atoms with E-state index >= 15 is 0 Å². The molecule has 0 aliphatic heterocycles. The van der Waals surface area contributed by atoms with Gasteiger partial charge in [-0.3, -0.25) is 14.9 Å². The number of fused-ring (bicyclic) bond motifs is 1. The monoisotopic (exact) mass is 478 g/mol. The molecule has 34 heavy (non-hydrogen) atoms. The van der Waals surface area contributed by atoms with Crippen LogP contribution in [0.3, 0.4) is 0 Å². The van der Waals surface area contributed by atoms with Gasteiger partial charge in [-0.05, 0) is 42.2 Å². The number of nitrogens with zero attached hydrogens (tertiary/aromatic N) is 1. The molecular weight excluding hydrogens is 460 g/mol. The molecule has 0 fully saturated rings. The van der Waals surface area contributed by atoms with Crippen molar-refractivity contribution >= 4 is 39.9 Å². The number of hydrogen-bond acceptors (Lipinski definition) is 6. The standard InChI is InChI=1S/C25H19ClN2O6/c1-14-8-9-20(28(31)32)25(15(14)2)27-23(29)13-33-22-12-21-18(10-19(22)26)17(11-24(30)34-21)16-6-4-3-5-7-16/h3-12H,13H2,1-2H3,(H,27,29). The van der Waals surface area contributed by atoms with Gasteiger partial charge in [0.1, 0.15) is 17.0 Å². The summed E-state index contributed by atoms with van der Waals surface area (Å²) >= 11 is 6.39. The number of hydrogen-bond donors (Lipinski definition) is 1. The summed E-state index contributed by atoms with van der Waals surface area (Å²) < 4.78 is 10.9. The molecule has 1 amide bonds. The van der Waals surface area contributed by atoms with Gasteiger partial charge in [-0.15, -0.1) is 0 Å². The van der Waals surface area contributed by atoms with Crippen LogP contribution in [0.4, 0.5) is 11.4 Å². The lowest BCUT2D eigenvalue weighted by Gasteiger charge is -2.13. The predicted octanol–water partition coefficient (Wildman–Crippen LogP) is 5.66. The SMILES string of the molecule is Cc1ccc([N+](=O)[O-])c(NC(=O)COc2cc3oc(=O)cc(-c4ccccc4)c3cc2Cl)c1C. The molecule has 0 saturated carbocycles. The zero-order valence-corrected chi connectivity index (χ0v) is 19.0. The Balaban J connectivity index is 1.60. The van der Waals surface area contributed by atoms with Crippen molar-refractivity contribution in [2.24, 2.45) is 0 Å². The molecule has 8 nitrogen and oxygen atoms in total. The number of anilines is 1. The van der Waals surface area contributed by atoms with Crippen molar-refractivity contribution in [1.29, 1.82) is 0 Å². The first-order valence-corrected chi connectivity index (χ1v) is 10.6. The van der Waals surface area contributed by atoms with Crippen molar-refractivity contribution < 1.29 is 18.9 Å². The van der Waals surface area contributed by atoms with Gasteiger partial charge in [-0.1, -0.05) is 48.0 Å². The van der Waals surface area contributed by atoms with E-state index in [4.69, 9.17) is 20.8 Å². The number of amides is 1. The van der Waals surface area contributed by atoms with Crippen molar-refractivity contribution in [2.75, 3.05) is 11.9 Å². The second-order valence-corrected chi connectivity index (χ2v) is 8.03. The zero-order valence-electron chi connectivity index (χ0n) is 18.3. The minimum atomic E-state index is -0.604. The van der Waals surface area contributed by atoms with Gasteiger partial charge in [0, 0.05) is 23.6 Å². The van der Waals surface area contributed by atoms with Crippen LogP contribution in [0.2, 0.25) is 5.02 Å². The molecule has 0 bridgehead atoms. The van der Waals surface area contributed by atoms with Crippen LogP contribution in [-0.2, 0) is 4.79 Å². The fourth-order valence-electron chi connectivity index (χ4n) is 3.56. The van der Waals surface area contributed by atoms with Crippen LogP contribution < -0.4 is 15.7 Å². The summed E-state index contributed by atoms with van der Waals surface area (Å²) in [6.45, 7) is 3.02. The van der Waals surface area contributed by atoms with Crippen LogP contribution in [0.25, 0.3) is 22.1 Å². The molecule has 4 aromatic rings. The molecule has 9 heteroatoms. The first-order valence-electron chi connectivity index (χ1n) is 10.2. The number of nitrogens with one attached hydrogen (secondary N) is 1. The van der Waals surface area contributed by atoms with Gasteiger partial charge in [-0.2, -0.15) is 0 Å². The Morgan fingerprint density at radius 2 is 1.85 bits per heavy atom. The highest BCUT2D eigenvalue weighted by atomic mass is 35.5. The number of halogens is 1. The summed E-state index contributed by atoms with van der Waals surface area (Å²) in [6, 6.07) is 16.7. The van der Waals surface area contributed by atoms with Crippen molar-refractivity contribution in [2.45, 2.75) is 13.8 Å². The lowest BCUT2D eigenvalue weighted by atomic mass is 10.0. The molecule has 1 heterocycles. The van der Waals surface area contributed by atoms with Gasteiger partial charge in [0.2, 0.25) is 0 Å². The molecule has 1 N–H and O–H groups in total. The van der Waals surface area contributed by atoms with Gasteiger partial charge in [0.15, 0.2) is 6.61 Å². The number of carbonyl (C=O) groups is 1. The predicted molar refractivity (Wildman–Crippen MR) is 130 cm³/mol. The maximum absolute atomic E-state index is 12.5. The number of carbonyl (C=O) groups excluding carboxylic acids is 1. The molecule has 3 aromatic carbocycles. The molecular formula is C25H19ClN2O6. The van der Waals surface area contributed by atoms with E-state index < -0.39 is 23.1 Å². The normalized spacial score (nSPS) is 10.8. The topological polar surface area (TPSA) is 112 Å². The highest BCUT2D eigenvalue weighted by Gasteiger charge is 2.20. The average Bonchev–Trinajstić information content (AvgIpc) is 2.81. The Bertz CT molecular complexity index is 1480. The third-order valence-electron chi connectivity index (χ3n) is 5.42. The van der Waals surface area contributed by atoms with Gasteiger partial charge in [0.25, 0.3) is 11.6 Å². The third kappa shape index (κ3) is 4.62. The number of benzene rings is 3. The average molecular weight is 479 g/mol. The van der Waals surface area contributed by atoms with Crippen molar-refractivity contribution in [3.05, 3.63) is 97.3 Å². The number of nitro benzene ring substituents is 1. The fourth-order valence-corrected chi connectivity index (χ4v) is 3.78. The van der Waals surface area contributed by atoms with Crippen LogP contribution in [0.1, 0.15) is 11.1 Å². The lowest BCUT2D eigenvalue weighted by Crippen LogP contribution is -2.21. The zero-order chi connectivity index (χ0) is 24.4. The molecule has 4 rings (SSSR count).